The topological polar surface area (TPSA) is 90.0 Å². The molecule has 25 heavy (non-hydrogen) atoms. The van der Waals surface area contributed by atoms with Crippen LogP contribution in [0.1, 0.15) is 22.8 Å². The zero-order valence-corrected chi connectivity index (χ0v) is 15.4. The van der Waals surface area contributed by atoms with Crippen LogP contribution < -0.4 is 4.72 Å². The maximum absolute atomic E-state index is 13.0. The Kier molecular flexibility index (Phi) is 4.49. The third-order valence-electron chi connectivity index (χ3n) is 4.24. The second kappa shape index (κ2) is 6.45. The van der Waals surface area contributed by atoms with E-state index in [1.165, 1.54) is 0 Å². The molecule has 8 heteroatoms. The van der Waals surface area contributed by atoms with Crippen LogP contribution in [0.4, 0.5) is 0 Å². The van der Waals surface area contributed by atoms with Gasteiger partial charge in [0.25, 0.3) is 5.89 Å². The van der Waals surface area contributed by atoms with Gasteiger partial charge in [0.1, 0.15) is 4.90 Å². The number of sulfonamides is 1. The van der Waals surface area contributed by atoms with E-state index < -0.39 is 10.0 Å². The lowest BCUT2D eigenvalue weighted by atomic mass is 10.2. The Morgan fingerprint density at radius 2 is 1.76 bits per heavy atom. The van der Waals surface area contributed by atoms with Crippen LogP contribution >= 0.6 is 0 Å². The van der Waals surface area contributed by atoms with Gasteiger partial charge in [0.15, 0.2) is 0 Å². The lowest BCUT2D eigenvalue weighted by Crippen LogP contribution is -2.24. The van der Waals surface area contributed by atoms with Crippen LogP contribution in [-0.2, 0) is 23.6 Å². The summed E-state index contributed by atoms with van der Waals surface area (Å²) in [6, 6.07) is 9.36. The molecule has 2 aromatic heterocycles. The SMILES string of the molecule is Cc1nnc(-c2c(S(=O)(=O)NCc3ccccc3)c(C)n(C)c2C)o1. The van der Waals surface area contributed by atoms with E-state index in [1.54, 1.807) is 13.8 Å². The number of rotatable bonds is 5. The first-order chi connectivity index (χ1) is 11.8. The molecule has 0 unspecified atom stereocenters. The summed E-state index contributed by atoms with van der Waals surface area (Å²) in [6.07, 6.45) is 0. The molecule has 0 bridgehead atoms. The molecule has 0 aliphatic rings. The molecular weight excluding hydrogens is 340 g/mol. The predicted molar refractivity (Wildman–Crippen MR) is 93.4 cm³/mol. The van der Waals surface area contributed by atoms with E-state index in [4.69, 9.17) is 4.42 Å². The van der Waals surface area contributed by atoms with Crippen LogP contribution in [0.5, 0.6) is 0 Å². The van der Waals surface area contributed by atoms with Gasteiger partial charge in [-0.2, -0.15) is 0 Å². The number of aryl methyl sites for hydroxylation is 1. The average Bonchev–Trinajstić information content (AvgIpc) is 3.11. The van der Waals surface area contributed by atoms with Crippen molar-refractivity contribution in [2.24, 2.45) is 7.05 Å². The van der Waals surface area contributed by atoms with Crippen LogP contribution in [-0.4, -0.2) is 23.2 Å². The van der Waals surface area contributed by atoms with E-state index in [0.717, 1.165) is 11.3 Å². The molecule has 0 saturated carbocycles. The van der Waals surface area contributed by atoms with Gasteiger partial charge in [0.05, 0.1) is 5.56 Å². The maximum atomic E-state index is 13.0. The van der Waals surface area contributed by atoms with Gasteiger partial charge >= 0.3 is 0 Å². The fourth-order valence-electron chi connectivity index (χ4n) is 2.74. The molecular formula is C17H20N4O3S. The first-order valence-corrected chi connectivity index (χ1v) is 9.29. The van der Waals surface area contributed by atoms with Gasteiger partial charge in [-0.15, -0.1) is 10.2 Å². The van der Waals surface area contributed by atoms with Crippen LogP contribution in [0, 0.1) is 20.8 Å². The molecule has 0 atom stereocenters. The molecule has 3 rings (SSSR count). The Bertz CT molecular complexity index is 1000. The molecule has 3 aromatic rings. The average molecular weight is 360 g/mol. The third-order valence-corrected chi connectivity index (χ3v) is 5.80. The van der Waals surface area contributed by atoms with Crippen LogP contribution in [0.25, 0.3) is 11.5 Å². The van der Waals surface area contributed by atoms with Crippen molar-refractivity contribution in [1.82, 2.24) is 19.5 Å². The molecule has 7 nitrogen and oxygen atoms in total. The fraction of sp³-hybridized carbons (Fsp3) is 0.294. The van der Waals surface area contributed by atoms with Crippen molar-refractivity contribution >= 4 is 10.0 Å². The molecule has 0 aliphatic carbocycles. The quantitative estimate of drug-likeness (QED) is 0.755. The molecule has 1 aromatic carbocycles. The van der Waals surface area contributed by atoms with Gasteiger partial charge < -0.3 is 8.98 Å². The molecule has 0 amide bonds. The van der Waals surface area contributed by atoms with Crippen molar-refractivity contribution in [1.29, 1.82) is 0 Å². The van der Waals surface area contributed by atoms with Crippen LogP contribution in [0.2, 0.25) is 0 Å². The third kappa shape index (κ3) is 3.22. The summed E-state index contributed by atoms with van der Waals surface area (Å²) in [4.78, 5) is 0.173. The first-order valence-electron chi connectivity index (χ1n) is 7.81. The minimum absolute atomic E-state index is 0.173. The number of nitrogens with zero attached hydrogens (tertiary/aromatic N) is 3. The van der Waals surface area contributed by atoms with Gasteiger partial charge in [-0.1, -0.05) is 30.3 Å². The number of hydrogen-bond acceptors (Lipinski definition) is 5. The van der Waals surface area contributed by atoms with Crippen LogP contribution in [0.15, 0.2) is 39.6 Å². The lowest BCUT2D eigenvalue weighted by molar-refractivity contribution is 0.530. The predicted octanol–water partition coefficient (Wildman–Crippen LogP) is 2.48. The molecule has 1 N–H and O–H groups in total. The summed E-state index contributed by atoms with van der Waals surface area (Å²) in [7, 11) is -1.95. The van der Waals surface area contributed by atoms with E-state index in [2.05, 4.69) is 14.9 Å². The van der Waals surface area contributed by atoms with Gasteiger partial charge in [0, 0.05) is 31.9 Å². The minimum atomic E-state index is -3.76. The van der Waals surface area contributed by atoms with Gasteiger partial charge in [-0.3, -0.25) is 0 Å². The van der Waals surface area contributed by atoms with E-state index in [1.807, 2.05) is 48.9 Å². The minimum Gasteiger partial charge on any atom is -0.421 e. The first kappa shape index (κ1) is 17.4. The smallest absolute Gasteiger partial charge is 0.250 e. The van der Waals surface area contributed by atoms with E-state index >= 15 is 0 Å². The molecule has 0 aliphatic heterocycles. The normalized spacial score (nSPS) is 11.8. The van der Waals surface area contributed by atoms with Crippen molar-refractivity contribution < 1.29 is 12.8 Å². The summed E-state index contributed by atoms with van der Waals surface area (Å²) < 4.78 is 35.9. The van der Waals surface area contributed by atoms with Crippen molar-refractivity contribution in [2.75, 3.05) is 0 Å². The monoisotopic (exact) mass is 360 g/mol. The summed E-state index contributed by atoms with van der Waals surface area (Å²) in [5, 5.41) is 7.82. The highest BCUT2D eigenvalue weighted by Gasteiger charge is 2.30. The zero-order valence-electron chi connectivity index (χ0n) is 14.6. The van der Waals surface area contributed by atoms with Gasteiger partial charge in [-0.05, 0) is 19.4 Å². The van der Waals surface area contributed by atoms with Crippen molar-refractivity contribution in [2.45, 2.75) is 32.2 Å². The number of nitrogens with one attached hydrogen (secondary N) is 1. The van der Waals surface area contributed by atoms with Crippen molar-refractivity contribution in [3.05, 3.63) is 53.2 Å². The second-order valence-corrected chi connectivity index (χ2v) is 7.57. The van der Waals surface area contributed by atoms with Crippen LogP contribution in [0.3, 0.4) is 0 Å². The summed E-state index contributed by atoms with van der Waals surface area (Å²) in [6.45, 7) is 5.47. The molecule has 0 radical (unpaired) electrons. The highest BCUT2D eigenvalue weighted by atomic mass is 32.2. The molecule has 0 fully saturated rings. The number of hydrogen-bond donors (Lipinski definition) is 1. The van der Waals surface area contributed by atoms with Crippen molar-refractivity contribution in [3.8, 4) is 11.5 Å². The highest BCUT2D eigenvalue weighted by Crippen LogP contribution is 2.34. The molecule has 0 spiro atoms. The lowest BCUT2D eigenvalue weighted by Gasteiger charge is -2.08. The van der Waals surface area contributed by atoms with E-state index in [9.17, 15) is 8.42 Å². The highest BCUT2D eigenvalue weighted by molar-refractivity contribution is 7.89. The Labute approximate surface area is 146 Å². The largest absolute Gasteiger partial charge is 0.421 e. The maximum Gasteiger partial charge on any atom is 0.250 e. The summed E-state index contributed by atoms with van der Waals surface area (Å²) in [5.41, 5.74) is 2.69. The summed E-state index contributed by atoms with van der Waals surface area (Å²) in [5.74, 6) is 0.593. The Hall–Kier alpha value is -2.45. The molecule has 0 saturated heterocycles. The standard InChI is InChI=1S/C17H20N4O3S/c1-11-15(17-20-19-13(3)24-17)16(12(2)21(11)4)25(22,23)18-10-14-8-6-5-7-9-14/h5-9,18H,10H2,1-4H3. The molecule has 132 valence electrons. The molecule has 2 heterocycles. The Morgan fingerprint density at radius 3 is 2.36 bits per heavy atom. The Balaban J connectivity index is 2.05. The summed E-state index contributed by atoms with van der Waals surface area (Å²) >= 11 is 0. The van der Waals surface area contributed by atoms with Gasteiger partial charge in [-0.25, -0.2) is 13.1 Å². The van der Waals surface area contributed by atoms with Crippen molar-refractivity contribution in [3.63, 3.8) is 0 Å². The number of benzene rings is 1. The Morgan fingerprint density at radius 1 is 1.08 bits per heavy atom. The number of aromatic nitrogens is 3. The second-order valence-electron chi connectivity index (χ2n) is 5.87. The van der Waals surface area contributed by atoms with E-state index in [0.29, 0.717) is 17.1 Å². The fourth-order valence-corrected chi connectivity index (χ4v) is 4.27. The zero-order chi connectivity index (χ0) is 18.2. The van der Waals surface area contributed by atoms with Gasteiger partial charge in [0.2, 0.25) is 15.9 Å². The van der Waals surface area contributed by atoms with E-state index in [-0.39, 0.29) is 17.3 Å².